The molecular formula is C11H11N5O3S. The third-order valence-corrected chi connectivity index (χ3v) is 3.87. The number of hydrogen-bond acceptors (Lipinski definition) is 7. The first-order valence-corrected chi connectivity index (χ1v) is 7.15. The average molecular weight is 293 g/mol. The monoisotopic (exact) mass is 293 g/mol. The lowest BCUT2D eigenvalue weighted by Crippen LogP contribution is -2.27. The molecule has 0 aliphatic carbocycles. The number of nitriles is 1. The lowest BCUT2D eigenvalue weighted by atomic mass is 10.4. The van der Waals surface area contributed by atoms with Crippen LogP contribution in [-0.2, 0) is 16.4 Å². The maximum Gasteiger partial charge on any atom is 0.243 e. The summed E-state index contributed by atoms with van der Waals surface area (Å²) < 4.78 is 31.2. The molecule has 20 heavy (non-hydrogen) atoms. The fourth-order valence-electron chi connectivity index (χ4n) is 1.51. The highest BCUT2D eigenvalue weighted by Gasteiger charge is 2.18. The van der Waals surface area contributed by atoms with Crippen molar-refractivity contribution >= 4 is 10.0 Å². The second-order valence-electron chi connectivity index (χ2n) is 3.84. The van der Waals surface area contributed by atoms with Crippen LogP contribution in [0.3, 0.4) is 0 Å². The Bertz CT molecular complexity index is 747. The van der Waals surface area contributed by atoms with Gasteiger partial charge in [0.05, 0.1) is 0 Å². The molecule has 2 aromatic rings. The van der Waals surface area contributed by atoms with Gasteiger partial charge in [-0.2, -0.15) is 10.2 Å². The molecule has 0 fully saturated rings. The van der Waals surface area contributed by atoms with Crippen LogP contribution in [-0.4, -0.2) is 30.1 Å². The minimum Gasteiger partial charge on any atom is -0.340 e. The lowest BCUT2D eigenvalue weighted by Gasteiger charge is -2.06. The fourth-order valence-corrected chi connectivity index (χ4v) is 2.65. The number of sulfonamides is 1. The molecule has 9 heteroatoms. The first kappa shape index (κ1) is 14.1. The Morgan fingerprint density at radius 3 is 2.95 bits per heavy atom. The molecule has 0 bridgehead atoms. The first-order chi connectivity index (χ1) is 9.53. The van der Waals surface area contributed by atoms with Crippen molar-refractivity contribution in [2.75, 3.05) is 6.54 Å². The summed E-state index contributed by atoms with van der Waals surface area (Å²) in [5.74, 6) is 0.832. The molecule has 0 saturated carbocycles. The summed E-state index contributed by atoms with van der Waals surface area (Å²) in [6, 6.07) is 4.53. The van der Waals surface area contributed by atoms with Crippen molar-refractivity contribution in [1.82, 2.24) is 19.8 Å². The SMILES string of the molecule is Cc1nc(CCNS(=O)(=O)c2cccnc2C#N)no1. The van der Waals surface area contributed by atoms with Crippen LogP contribution < -0.4 is 4.72 Å². The summed E-state index contributed by atoms with van der Waals surface area (Å²) in [7, 11) is -3.79. The number of aromatic nitrogens is 3. The van der Waals surface area contributed by atoms with Gasteiger partial charge in [-0.15, -0.1) is 0 Å². The summed E-state index contributed by atoms with van der Waals surface area (Å²) in [4.78, 5) is 7.53. The third-order valence-electron chi connectivity index (χ3n) is 2.38. The van der Waals surface area contributed by atoms with E-state index in [1.807, 2.05) is 0 Å². The van der Waals surface area contributed by atoms with E-state index in [9.17, 15) is 8.42 Å². The average Bonchev–Trinajstić information content (AvgIpc) is 2.84. The predicted octanol–water partition coefficient (Wildman–Crippen LogP) is 0.166. The number of rotatable bonds is 5. The van der Waals surface area contributed by atoms with E-state index in [0.717, 1.165) is 0 Å². The number of nitrogens with zero attached hydrogens (tertiary/aromatic N) is 4. The summed E-state index contributed by atoms with van der Waals surface area (Å²) in [5, 5.41) is 12.5. The topological polar surface area (TPSA) is 122 Å². The molecule has 2 aromatic heterocycles. The second-order valence-corrected chi connectivity index (χ2v) is 5.57. The van der Waals surface area contributed by atoms with Crippen molar-refractivity contribution in [2.45, 2.75) is 18.2 Å². The highest BCUT2D eigenvalue weighted by Crippen LogP contribution is 2.11. The van der Waals surface area contributed by atoms with E-state index >= 15 is 0 Å². The zero-order valence-corrected chi connectivity index (χ0v) is 11.4. The predicted molar refractivity (Wildman–Crippen MR) is 66.9 cm³/mol. The van der Waals surface area contributed by atoms with Crippen LogP contribution in [0.15, 0.2) is 27.7 Å². The van der Waals surface area contributed by atoms with Crippen molar-refractivity contribution < 1.29 is 12.9 Å². The number of pyridine rings is 1. The zero-order valence-electron chi connectivity index (χ0n) is 10.6. The fraction of sp³-hybridized carbons (Fsp3) is 0.273. The van der Waals surface area contributed by atoms with Gasteiger partial charge < -0.3 is 4.52 Å². The van der Waals surface area contributed by atoms with Gasteiger partial charge in [0.15, 0.2) is 11.5 Å². The van der Waals surface area contributed by atoms with E-state index in [4.69, 9.17) is 9.78 Å². The third kappa shape index (κ3) is 3.17. The first-order valence-electron chi connectivity index (χ1n) is 5.67. The van der Waals surface area contributed by atoms with Crippen molar-refractivity contribution in [3.63, 3.8) is 0 Å². The molecule has 8 nitrogen and oxygen atoms in total. The molecule has 0 radical (unpaired) electrons. The van der Waals surface area contributed by atoms with Crippen LogP contribution in [0.2, 0.25) is 0 Å². The van der Waals surface area contributed by atoms with Crippen LogP contribution in [0.5, 0.6) is 0 Å². The van der Waals surface area contributed by atoms with Crippen molar-refractivity contribution in [3.05, 3.63) is 35.7 Å². The summed E-state index contributed by atoms with van der Waals surface area (Å²) in [6.07, 6.45) is 1.65. The molecular weight excluding hydrogens is 282 g/mol. The summed E-state index contributed by atoms with van der Waals surface area (Å²) in [5.41, 5.74) is -0.143. The molecule has 0 aromatic carbocycles. The Balaban J connectivity index is 2.06. The van der Waals surface area contributed by atoms with Gasteiger partial charge >= 0.3 is 0 Å². The van der Waals surface area contributed by atoms with Crippen LogP contribution >= 0.6 is 0 Å². The normalized spacial score (nSPS) is 11.2. The Morgan fingerprint density at radius 1 is 1.50 bits per heavy atom. The molecule has 0 amide bonds. The largest absolute Gasteiger partial charge is 0.340 e. The van der Waals surface area contributed by atoms with E-state index < -0.39 is 10.0 Å². The van der Waals surface area contributed by atoms with Gasteiger partial charge in [-0.3, -0.25) is 0 Å². The van der Waals surface area contributed by atoms with Gasteiger partial charge in [0, 0.05) is 26.1 Å². The minimum absolute atomic E-state index is 0.0983. The number of hydrogen-bond donors (Lipinski definition) is 1. The lowest BCUT2D eigenvalue weighted by molar-refractivity contribution is 0.387. The van der Waals surface area contributed by atoms with Crippen LogP contribution in [0.25, 0.3) is 0 Å². The van der Waals surface area contributed by atoms with E-state index in [2.05, 4.69) is 19.8 Å². The van der Waals surface area contributed by atoms with Crippen LogP contribution in [0.4, 0.5) is 0 Å². The maximum atomic E-state index is 12.0. The van der Waals surface area contributed by atoms with Gasteiger partial charge in [-0.25, -0.2) is 18.1 Å². The molecule has 0 saturated heterocycles. The van der Waals surface area contributed by atoms with Gasteiger partial charge in [0.2, 0.25) is 15.9 Å². The highest BCUT2D eigenvalue weighted by atomic mass is 32.2. The second kappa shape index (κ2) is 5.77. The number of aryl methyl sites for hydroxylation is 1. The Hall–Kier alpha value is -2.31. The van der Waals surface area contributed by atoms with E-state index in [1.165, 1.54) is 18.3 Å². The smallest absolute Gasteiger partial charge is 0.243 e. The highest BCUT2D eigenvalue weighted by molar-refractivity contribution is 7.89. The molecule has 0 atom stereocenters. The van der Waals surface area contributed by atoms with E-state index in [-0.39, 0.29) is 17.1 Å². The van der Waals surface area contributed by atoms with E-state index in [0.29, 0.717) is 18.1 Å². The minimum atomic E-state index is -3.79. The molecule has 0 aliphatic heterocycles. The van der Waals surface area contributed by atoms with Gasteiger partial charge in [-0.05, 0) is 12.1 Å². The Kier molecular flexibility index (Phi) is 4.07. The van der Waals surface area contributed by atoms with E-state index in [1.54, 1.807) is 13.0 Å². The quantitative estimate of drug-likeness (QED) is 0.833. The Morgan fingerprint density at radius 2 is 2.30 bits per heavy atom. The molecule has 0 spiro atoms. The zero-order chi connectivity index (χ0) is 14.6. The molecule has 104 valence electrons. The number of nitrogens with one attached hydrogen (secondary N) is 1. The summed E-state index contributed by atoms with van der Waals surface area (Å²) in [6.45, 7) is 1.75. The molecule has 1 N–H and O–H groups in total. The molecule has 2 heterocycles. The Labute approximate surface area is 115 Å². The molecule has 0 unspecified atom stereocenters. The van der Waals surface area contributed by atoms with Crippen LogP contribution in [0, 0.1) is 18.3 Å². The summed E-state index contributed by atoms with van der Waals surface area (Å²) >= 11 is 0. The van der Waals surface area contributed by atoms with Crippen molar-refractivity contribution in [1.29, 1.82) is 5.26 Å². The van der Waals surface area contributed by atoms with Gasteiger partial charge in [-0.1, -0.05) is 5.16 Å². The van der Waals surface area contributed by atoms with Crippen molar-refractivity contribution in [3.8, 4) is 6.07 Å². The van der Waals surface area contributed by atoms with Crippen LogP contribution in [0.1, 0.15) is 17.4 Å². The van der Waals surface area contributed by atoms with Gasteiger partial charge in [0.25, 0.3) is 0 Å². The van der Waals surface area contributed by atoms with Crippen molar-refractivity contribution in [2.24, 2.45) is 0 Å². The molecule has 0 aliphatic rings. The molecule has 2 rings (SSSR count). The maximum absolute atomic E-state index is 12.0. The van der Waals surface area contributed by atoms with Gasteiger partial charge in [0.1, 0.15) is 11.0 Å². The standard InChI is InChI=1S/C11H11N5O3S/c1-8-15-11(16-19-8)4-6-14-20(17,18)10-3-2-5-13-9(10)7-12/h2-3,5,14H,4,6H2,1H3.